The molecule has 1 aliphatic heterocycles. The minimum Gasteiger partial charge on any atom is -0.472 e. The van der Waals surface area contributed by atoms with Crippen LogP contribution in [0.5, 0.6) is 5.88 Å². The Morgan fingerprint density at radius 2 is 2.22 bits per heavy atom. The number of para-hydroxylation sites is 1. The molecule has 2 N–H and O–H groups in total. The largest absolute Gasteiger partial charge is 0.472 e. The van der Waals surface area contributed by atoms with Crippen molar-refractivity contribution in [2.75, 3.05) is 18.0 Å². The first-order valence-electron chi connectivity index (χ1n) is 7.47. The van der Waals surface area contributed by atoms with E-state index in [1.165, 1.54) is 0 Å². The molecule has 3 rings (SSSR count). The van der Waals surface area contributed by atoms with Crippen LogP contribution in [0.4, 0.5) is 5.69 Å². The highest BCUT2D eigenvalue weighted by Crippen LogP contribution is 2.33. The summed E-state index contributed by atoms with van der Waals surface area (Å²) < 4.78 is 5.91. The number of pyridine rings is 1. The van der Waals surface area contributed by atoms with E-state index in [1.54, 1.807) is 24.4 Å². The van der Waals surface area contributed by atoms with Crippen LogP contribution in [-0.2, 0) is 0 Å². The van der Waals surface area contributed by atoms with Crippen molar-refractivity contribution in [3.63, 3.8) is 0 Å². The van der Waals surface area contributed by atoms with Gasteiger partial charge >= 0.3 is 0 Å². The number of hydrogen-bond donors (Lipinski definition) is 1. The van der Waals surface area contributed by atoms with E-state index in [0.717, 1.165) is 18.5 Å². The maximum absolute atomic E-state index is 11.6. The van der Waals surface area contributed by atoms with Gasteiger partial charge in [0.25, 0.3) is 5.91 Å². The maximum atomic E-state index is 11.6. The number of carbonyl (C=O) groups is 1. The highest BCUT2D eigenvalue weighted by atomic mass is 35.5. The van der Waals surface area contributed by atoms with E-state index in [9.17, 15) is 4.79 Å². The average molecular weight is 332 g/mol. The van der Waals surface area contributed by atoms with Crippen molar-refractivity contribution in [3.8, 4) is 5.88 Å². The number of carbonyl (C=O) groups excluding carboxylic acids is 1. The average Bonchev–Trinajstić information content (AvgIpc) is 2.97. The third-order valence-corrected chi connectivity index (χ3v) is 4.19. The van der Waals surface area contributed by atoms with Gasteiger partial charge in [-0.2, -0.15) is 0 Å². The number of aromatic nitrogens is 1. The lowest BCUT2D eigenvalue weighted by molar-refractivity contribution is 0.100. The standard InChI is InChI=1S/C17H18ClN3O2/c1-11-5-6-15(20-9-11)23-12-7-8-21(10-12)16-13(17(19)22)3-2-4-14(16)18/h2-6,9,12H,7-8,10H2,1H3,(H2,19,22)/t12-/m1/s1. The molecule has 1 saturated heterocycles. The molecule has 1 fully saturated rings. The van der Waals surface area contributed by atoms with Crippen LogP contribution in [0.2, 0.25) is 5.02 Å². The van der Waals surface area contributed by atoms with Gasteiger partial charge in [0, 0.05) is 25.2 Å². The van der Waals surface area contributed by atoms with E-state index in [1.807, 2.05) is 24.0 Å². The second kappa shape index (κ2) is 6.46. The van der Waals surface area contributed by atoms with Gasteiger partial charge in [0.05, 0.1) is 22.8 Å². The summed E-state index contributed by atoms with van der Waals surface area (Å²) in [5.41, 5.74) is 7.67. The Morgan fingerprint density at radius 1 is 1.39 bits per heavy atom. The number of anilines is 1. The summed E-state index contributed by atoms with van der Waals surface area (Å²) in [6.07, 6.45) is 2.61. The monoisotopic (exact) mass is 331 g/mol. The fourth-order valence-corrected chi connectivity index (χ4v) is 3.05. The predicted octanol–water partition coefficient (Wildman–Crippen LogP) is 2.80. The second-order valence-electron chi connectivity index (χ2n) is 5.65. The minimum absolute atomic E-state index is 0.00204. The van der Waals surface area contributed by atoms with E-state index >= 15 is 0 Å². The number of halogens is 1. The van der Waals surface area contributed by atoms with Gasteiger partial charge in [0.1, 0.15) is 6.10 Å². The molecule has 0 aliphatic carbocycles. The van der Waals surface area contributed by atoms with Crippen molar-refractivity contribution >= 4 is 23.2 Å². The van der Waals surface area contributed by atoms with E-state index in [-0.39, 0.29) is 6.10 Å². The van der Waals surface area contributed by atoms with E-state index in [0.29, 0.717) is 28.7 Å². The summed E-state index contributed by atoms with van der Waals surface area (Å²) in [6, 6.07) is 9.02. The molecule has 5 nitrogen and oxygen atoms in total. The molecule has 2 heterocycles. The fraction of sp³-hybridized carbons (Fsp3) is 0.294. The third-order valence-electron chi connectivity index (χ3n) is 3.89. The number of hydrogen-bond acceptors (Lipinski definition) is 4. The van der Waals surface area contributed by atoms with Gasteiger partial charge in [-0.3, -0.25) is 4.79 Å². The molecular weight excluding hydrogens is 314 g/mol. The summed E-state index contributed by atoms with van der Waals surface area (Å²) in [5.74, 6) is 0.129. The molecule has 1 aromatic heterocycles. The molecule has 2 aromatic rings. The zero-order chi connectivity index (χ0) is 16.4. The molecule has 0 unspecified atom stereocenters. The van der Waals surface area contributed by atoms with Gasteiger partial charge in [0.2, 0.25) is 5.88 Å². The number of ether oxygens (including phenoxy) is 1. The van der Waals surface area contributed by atoms with Crippen LogP contribution in [0.25, 0.3) is 0 Å². The van der Waals surface area contributed by atoms with Crippen LogP contribution in [0.1, 0.15) is 22.3 Å². The van der Waals surface area contributed by atoms with Crippen molar-refractivity contribution in [2.24, 2.45) is 5.73 Å². The topological polar surface area (TPSA) is 68.5 Å². The number of nitrogens with two attached hydrogens (primary N) is 1. The Morgan fingerprint density at radius 3 is 2.91 bits per heavy atom. The first kappa shape index (κ1) is 15.6. The summed E-state index contributed by atoms with van der Waals surface area (Å²) in [4.78, 5) is 17.9. The number of aryl methyl sites for hydroxylation is 1. The molecule has 1 atom stereocenters. The van der Waals surface area contributed by atoms with E-state index in [2.05, 4.69) is 4.98 Å². The second-order valence-corrected chi connectivity index (χ2v) is 6.06. The molecular formula is C17H18ClN3O2. The number of primary amides is 1. The van der Waals surface area contributed by atoms with Crippen LogP contribution >= 0.6 is 11.6 Å². The van der Waals surface area contributed by atoms with E-state index < -0.39 is 5.91 Å². The first-order chi connectivity index (χ1) is 11.0. The molecule has 1 aromatic carbocycles. The Kier molecular flexibility index (Phi) is 4.39. The number of amides is 1. The Labute approximate surface area is 140 Å². The predicted molar refractivity (Wildman–Crippen MR) is 90.2 cm³/mol. The van der Waals surface area contributed by atoms with Gasteiger partial charge in [-0.1, -0.05) is 23.7 Å². The highest BCUT2D eigenvalue weighted by molar-refractivity contribution is 6.34. The summed E-state index contributed by atoms with van der Waals surface area (Å²) in [7, 11) is 0. The Hall–Kier alpha value is -2.27. The molecule has 6 heteroatoms. The van der Waals surface area contributed by atoms with Crippen LogP contribution < -0.4 is 15.4 Å². The first-order valence-corrected chi connectivity index (χ1v) is 7.85. The van der Waals surface area contributed by atoms with Crippen molar-refractivity contribution < 1.29 is 9.53 Å². The molecule has 1 aliphatic rings. The zero-order valence-corrected chi connectivity index (χ0v) is 13.6. The molecule has 23 heavy (non-hydrogen) atoms. The Bertz CT molecular complexity index is 718. The van der Waals surface area contributed by atoms with Gasteiger partial charge in [-0.05, 0) is 24.6 Å². The maximum Gasteiger partial charge on any atom is 0.250 e. The summed E-state index contributed by atoms with van der Waals surface area (Å²) in [5, 5.41) is 0.524. The minimum atomic E-state index is -0.480. The van der Waals surface area contributed by atoms with Gasteiger partial charge in [-0.25, -0.2) is 4.98 Å². The van der Waals surface area contributed by atoms with Gasteiger partial charge in [0.15, 0.2) is 0 Å². The summed E-state index contributed by atoms with van der Waals surface area (Å²) >= 11 is 6.28. The summed E-state index contributed by atoms with van der Waals surface area (Å²) in [6.45, 7) is 3.37. The van der Waals surface area contributed by atoms with Gasteiger partial charge < -0.3 is 15.4 Å². The third kappa shape index (κ3) is 3.40. The van der Waals surface area contributed by atoms with E-state index in [4.69, 9.17) is 22.1 Å². The lowest BCUT2D eigenvalue weighted by Gasteiger charge is -2.22. The molecule has 1 amide bonds. The lowest BCUT2D eigenvalue weighted by atomic mass is 10.1. The van der Waals surface area contributed by atoms with Crippen molar-refractivity contribution in [1.29, 1.82) is 0 Å². The molecule has 0 radical (unpaired) electrons. The Balaban J connectivity index is 1.75. The normalized spacial score (nSPS) is 17.3. The van der Waals surface area contributed by atoms with Crippen molar-refractivity contribution in [3.05, 3.63) is 52.7 Å². The molecule has 0 spiro atoms. The molecule has 0 saturated carbocycles. The van der Waals surface area contributed by atoms with Crippen LogP contribution in [0.3, 0.4) is 0 Å². The number of benzene rings is 1. The lowest BCUT2D eigenvalue weighted by Crippen LogP contribution is -2.27. The zero-order valence-electron chi connectivity index (χ0n) is 12.8. The van der Waals surface area contributed by atoms with Crippen LogP contribution in [0.15, 0.2) is 36.5 Å². The molecule has 0 bridgehead atoms. The fourth-order valence-electron chi connectivity index (χ4n) is 2.76. The van der Waals surface area contributed by atoms with Crippen molar-refractivity contribution in [2.45, 2.75) is 19.4 Å². The van der Waals surface area contributed by atoms with Crippen molar-refractivity contribution in [1.82, 2.24) is 4.98 Å². The quantitative estimate of drug-likeness (QED) is 0.935. The highest BCUT2D eigenvalue weighted by Gasteiger charge is 2.28. The van der Waals surface area contributed by atoms with Crippen LogP contribution in [0, 0.1) is 6.92 Å². The van der Waals surface area contributed by atoms with Crippen LogP contribution in [-0.4, -0.2) is 30.1 Å². The smallest absolute Gasteiger partial charge is 0.250 e. The van der Waals surface area contributed by atoms with Gasteiger partial charge in [-0.15, -0.1) is 0 Å². The number of rotatable bonds is 4. The number of nitrogens with zero attached hydrogens (tertiary/aromatic N) is 2. The molecule has 120 valence electrons. The SMILES string of the molecule is Cc1ccc(O[C@@H]2CCN(c3c(Cl)cccc3C(N)=O)C2)nc1.